The van der Waals surface area contributed by atoms with E-state index in [0.29, 0.717) is 6.04 Å². The molecule has 3 heteroatoms. The van der Waals surface area contributed by atoms with E-state index in [9.17, 15) is 0 Å². The lowest BCUT2D eigenvalue weighted by Crippen LogP contribution is -2.50. The Bertz CT molecular complexity index is 489. The lowest BCUT2D eigenvalue weighted by atomic mass is 10.1. The molecule has 0 bridgehead atoms. The molecule has 1 aromatic rings. The van der Waals surface area contributed by atoms with Gasteiger partial charge in [-0.25, -0.2) is 0 Å². The second-order valence-corrected chi connectivity index (χ2v) is 5.39. The number of aliphatic hydroxyl groups excluding tert-OH is 1. The summed E-state index contributed by atoms with van der Waals surface area (Å²) in [5.74, 6) is 5.80. The van der Waals surface area contributed by atoms with Crippen molar-refractivity contribution in [3.8, 4) is 11.8 Å². The lowest BCUT2D eigenvalue weighted by Gasteiger charge is -2.39. The molecule has 0 radical (unpaired) electrons. The largest absolute Gasteiger partial charge is 0.384 e. The first-order valence-electron chi connectivity index (χ1n) is 7.34. The van der Waals surface area contributed by atoms with Crippen LogP contribution >= 0.6 is 0 Å². The van der Waals surface area contributed by atoms with Gasteiger partial charge < -0.3 is 10.0 Å². The van der Waals surface area contributed by atoms with Crippen LogP contribution in [0.2, 0.25) is 0 Å². The third-order valence-corrected chi connectivity index (χ3v) is 4.05. The number of nitrogens with zero attached hydrogens (tertiary/aromatic N) is 2. The molecule has 0 saturated carbocycles. The molecule has 1 saturated heterocycles. The minimum Gasteiger partial charge on any atom is -0.384 e. The molecule has 2 rings (SSSR count). The summed E-state index contributed by atoms with van der Waals surface area (Å²) in [5.41, 5.74) is 2.29. The van der Waals surface area contributed by atoms with Crippen LogP contribution in [0.4, 0.5) is 0 Å². The first-order chi connectivity index (χ1) is 9.74. The number of aliphatic hydroxyl groups is 1. The van der Waals surface area contributed by atoms with E-state index in [1.54, 1.807) is 0 Å². The number of rotatable bonds is 3. The fourth-order valence-corrected chi connectivity index (χ4v) is 2.75. The van der Waals surface area contributed by atoms with Gasteiger partial charge in [-0.2, -0.15) is 0 Å². The van der Waals surface area contributed by atoms with Gasteiger partial charge in [-0.1, -0.05) is 37.0 Å². The van der Waals surface area contributed by atoms with E-state index in [0.717, 1.165) is 31.7 Å². The average molecular weight is 272 g/mol. The molecular formula is C17H24N2O. The Morgan fingerprint density at radius 3 is 2.85 bits per heavy atom. The maximum atomic E-state index is 8.85. The van der Waals surface area contributed by atoms with Gasteiger partial charge in [0, 0.05) is 37.8 Å². The SMILES string of the molecule is CCC1CN(Cc2ccccc2C#CCO)CCN1C. The highest BCUT2D eigenvalue weighted by atomic mass is 16.2. The van der Waals surface area contributed by atoms with Gasteiger partial charge in [-0.15, -0.1) is 0 Å². The smallest absolute Gasteiger partial charge is 0.104 e. The van der Waals surface area contributed by atoms with Gasteiger partial charge in [-0.05, 0) is 25.1 Å². The quantitative estimate of drug-likeness (QED) is 0.846. The summed E-state index contributed by atoms with van der Waals surface area (Å²) < 4.78 is 0. The molecule has 1 aromatic carbocycles. The van der Waals surface area contributed by atoms with Crippen LogP contribution in [-0.2, 0) is 6.54 Å². The molecule has 1 unspecified atom stereocenters. The Morgan fingerprint density at radius 2 is 2.10 bits per heavy atom. The van der Waals surface area contributed by atoms with Crippen LogP contribution < -0.4 is 0 Å². The molecule has 1 aliphatic rings. The maximum Gasteiger partial charge on any atom is 0.104 e. The van der Waals surface area contributed by atoms with Gasteiger partial charge >= 0.3 is 0 Å². The molecule has 0 amide bonds. The van der Waals surface area contributed by atoms with Crippen LogP contribution in [0.15, 0.2) is 24.3 Å². The van der Waals surface area contributed by atoms with E-state index >= 15 is 0 Å². The predicted molar refractivity (Wildman–Crippen MR) is 82.4 cm³/mol. The van der Waals surface area contributed by atoms with Crippen LogP contribution in [0.3, 0.4) is 0 Å². The molecule has 1 N–H and O–H groups in total. The Labute approximate surface area is 122 Å². The van der Waals surface area contributed by atoms with Crippen LogP contribution in [0, 0.1) is 11.8 Å². The summed E-state index contributed by atoms with van der Waals surface area (Å²) in [7, 11) is 2.21. The van der Waals surface area contributed by atoms with Crippen molar-refractivity contribution in [3.63, 3.8) is 0 Å². The fraction of sp³-hybridized carbons (Fsp3) is 0.529. The van der Waals surface area contributed by atoms with E-state index in [-0.39, 0.29) is 6.61 Å². The highest BCUT2D eigenvalue weighted by Crippen LogP contribution is 2.16. The Morgan fingerprint density at radius 1 is 1.30 bits per heavy atom. The summed E-state index contributed by atoms with van der Waals surface area (Å²) in [6, 6.07) is 8.89. The highest BCUT2D eigenvalue weighted by molar-refractivity contribution is 5.41. The summed E-state index contributed by atoms with van der Waals surface area (Å²) in [6.45, 7) is 6.47. The third kappa shape index (κ3) is 3.83. The second kappa shape index (κ2) is 7.44. The molecule has 108 valence electrons. The van der Waals surface area contributed by atoms with Crippen LogP contribution in [0.5, 0.6) is 0 Å². The molecule has 1 aliphatic heterocycles. The van der Waals surface area contributed by atoms with Crippen molar-refractivity contribution >= 4 is 0 Å². The van der Waals surface area contributed by atoms with Crippen LogP contribution in [0.1, 0.15) is 24.5 Å². The average Bonchev–Trinajstić information content (AvgIpc) is 2.48. The topological polar surface area (TPSA) is 26.7 Å². The molecule has 1 heterocycles. The Hall–Kier alpha value is -1.34. The van der Waals surface area contributed by atoms with E-state index < -0.39 is 0 Å². The Balaban J connectivity index is 2.06. The monoisotopic (exact) mass is 272 g/mol. The number of hydrogen-bond donors (Lipinski definition) is 1. The highest BCUT2D eigenvalue weighted by Gasteiger charge is 2.22. The normalized spacial score (nSPS) is 20.4. The number of benzene rings is 1. The summed E-state index contributed by atoms with van der Waals surface area (Å²) in [4.78, 5) is 4.96. The van der Waals surface area contributed by atoms with Crippen molar-refractivity contribution in [2.24, 2.45) is 0 Å². The van der Waals surface area contributed by atoms with Crippen molar-refractivity contribution in [1.29, 1.82) is 0 Å². The summed E-state index contributed by atoms with van der Waals surface area (Å²) in [6.07, 6.45) is 1.19. The summed E-state index contributed by atoms with van der Waals surface area (Å²) in [5, 5.41) is 8.85. The van der Waals surface area contributed by atoms with E-state index in [4.69, 9.17) is 5.11 Å². The molecule has 1 fully saturated rings. The van der Waals surface area contributed by atoms with Gasteiger partial charge in [0.25, 0.3) is 0 Å². The van der Waals surface area contributed by atoms with Crippen LogP contribution in [0.25, 0.3) is 0 Å². The molecular weight excluding hydrogens is 248 g/mol. The van der Waals surface area contributed by atoms with Crippen molar-refractivity contribution in [3.05, 3.63) is 35.4 Å². The predicted octanol–water partition coefficient (Wildman–Crippen LogP) is 1.56. The standard InChI is InChI=1S/C17H24N2O/c1-3-17-14-19(11-10-18(17)2)13-16-8-5-4-7-15(16)9-6-12-20/h4-5,7-8,17,20H,3,10-14H2,1-2H3. The Kier molecular flexibility index (Phi) is 5.60. The van der Waals surface area contributed by atoms with Crippen LogP contribution in [-0.4, -0.2) is 54.2 Å². The first-order valence-corrected chi connectivity index (χ1v) is 7.34. The van der Waals surface area contributed by atoms with Crippen molar-refractivity contribution in [2.45, 2.75) is 25.9 Å². The van der Waals surface area contributed by atoms with Crippen molar-refractivity contribution in [2.75, 3.05) is 33.3 Å². The van der Waals surface area contributed by atoms with E-state index in [1.807, 2.05) is 12.1 Å². The molecule has 0 spiro atoms. The van der Waals surface area contributed by atoms with Crippen molar-refractivity contribution in [1.82, 2.24) is 9.80 Å². The molecule has 0 aromatic heterocycles. The number of piperazine rings is 1. The minimum atomic E-state index is -0.0826. The molecule has 20 heavy (non-hydrogen) atoms. The van der Waals surface area contributed by atoms with Gasteiger partial charge in [0.15, 0.2) is 0 Å². The number of likely N-dealkylation sites (N-methyl/N-ethyl adjacent to an activating group) is 1. The zero-order valence-electron chi connectivity index (χ0n) is 12.5. The molecule has 1 atom stereocenters. The van der Waals surface area contributed by atoms with Gasteiger partial charge in [0.2, 0.25) is 0 Å². The molecule has 0 aliphatic carbocycles. The van der Waals surface area contributed by atoms with E-state index in [1.165, 1.54) is 12.0 Å². The zero-order valence-corrected chi connectivity index (χ0v) is 12.5. The zero-order chi connectivity index (χ0) is 14.4. The maximum absolute atomic E-state index is 8.85. The van der Waals surface area contributed by atoms with Gasteiger partial charge in [-0.3, -0.25) is 4.90 Å². The van der Waals surface area contributed by atoms with Crippen molar-refractivity contribution < 1.29 is 5.11 Å². The minimum absolute atomic E-state index is 0.0826. The fourth-order valence-electron chi connectivity index (χ4n) is 2.75. The lowest BCUT2D eigenvalue weighted by molar-refractivity contribution is 0.0883. The summed E-state index contributed by atoms with van der Waals surface area (Å²) >= 11 is 0. The van der Waals surface area contributed by atoms with E-state index in [2.05, 4.69) is 47.7 Å². The second-order valence-electron chi connectivity index (χ2n) is 5.39. The molecule has 3 nitrogen and oxygen atoms in total. The first kappa shape index (κ1) is 15.1. The van der Waals surface area contributed by atoms with Gasteiger partial charge in [0.05, 0.1) is 0 Å². The third-order valence-electron chi connectivity index (χ3n) is 4.05. The number of hydrogen-bond acceptors (Lipinski definition) is 3. The van der Waals surface area contributed by atoms with Gasteiger partial charge in [0.1, 0.15) is 6.61 Å².